The third-order valence-corrected chi connectivity index (χ3v) is 3.40. The Balaban J connectivity index is 1.91. The summed E-state index contributed by atoms with van der Waals surface area (Å²) in [7, 11) is 0. The van der Waals surface area contributed by atoms with Crippen molar-refractivity contribution >= 4 is 11.3 Å². The van der Waals surface area contributed by atoms with Crippen molar-refractivity contribution in [1.29, 1.82) is 0 Å². The van der Waals surface area contributed by atoms with Gasteiger partial charge in [-0.25, -0.2) is 0 Å². The second kappa shape index (κ2) is 5.93. The highest BCUT2D eigenvalue weighted by molar-refractivity contribution is 7.09. The maximum absolute atomic E-state index is 5.94. The van der Waals surface area contributed by atoms with Gasteiger partial charge < -0.3 is 10.3 Å². The van der Waals surface area contributed by atoms with Gasteiger partial charge in [0.2, 0.25) is 5.89 Å². The molecule has 2 N–H and O–H groups in total. The highest BCUT2D eigenvalue weighted by atomic mass is 32.1. The summed E-state index contributed by atoms with van der Waals surface area (Å²) in [4.78, 5) is 5.60. The highest BCUT2D eigenvalue weighted by Gasteiger charge is 2.11. The zero-order valence-electron chi connectivity index (χ0n) is 9.93. The van der Waals surface area contributed by atoms with Gasteiger partial charge in [-0.3, -0.25) is 0 Å². The minimum atomic E-state index is 0.120. The molecular weight excluding hydrogens is 234 g/mol. The zero-order chi connectivity index (χ0) is 12.1. The molecule has 0 fully saturated rings. The van der Waals surface area contributed by atoms with Crippen LogP contribution in [0.1, 0.15) is 36.4 Å². The number of hydrogen-bond acceptors (Lipinski definition) is 5. The van der Waals surface area contributed by atoms with Gasteiger partial charge in [-0.15, -0.1) is 11.3 Å². The monoisotopic (exact) mass is 251 g/mol. The van der Waals surface area contributed by atoms with E-state index < -0.39 is 0 Å². The number of nitrogens with zero attached hydrogens (tertiary/aromatic N) is 2. The summed E-state index contributed by atoms with van der Waals surface area (Å²) in [5, 5.41) is 6.02. The molecule has 2 rings (SSSR count). The van der Waals surface area contributed by atoms with Crippen molar-refractivity contribution < 1.29 is 4.52 Å². The van der Waals surface area contributed by atoms with Crippen molar-refractivity contribution in [3.05, 3.63) is 34.1 Å². The van der Waals surface area contributed by atoms with Crippen LogP contribution in [0.2, 0.25) is 0 Å². The average molecular weight is 251 g/mol. The molecule has 0 bridgehead atoms. The largest absolute Gasteiger partial charge is 0.339 e. The Bertz CT molecular complexity index is 438. The Morgan fingerprint density at radius 3 is 3.12 bits per heavy atom. The third kappa shape index (κ3) is 3.64. The minimum absolute atomic E-state index is 0.120. The molecule has 0 radical (unpaired) electrons. The number of aromatic nitrogens is 2. The number of nitrogens with two attached hydrogens (primary N) is 1. The molecule has 0 spiro atoms. The van der Waals surface area contributed by atoms with E-state index in [4.69, 9.17) is 10.3 Å². The first-order valence-corrected chi connectivity index (χ1v) is 6.75. The Morgan fingerprint density at radius 2 is 2.41 bits per heavy atom. The van der Waals surface area contributed by atoms with Gasteiger partial charge >= 0.3 is 0 Å². The molecule has 92 valence electrons. The number of rotatable bonds is 6. The Hall–Kier alpha value is -1.20. The summed E-state index contributed by atoms with van der Waals surface area (Å²) in [5.74, 6) is 1.39. The fourth-order valence-corrected chi connectivity index (χ4v) is 2.41. The molecule has 2 heterocycles. The van der Waals surface area contributed by atoms with E-state index in [1.807, 2.05) is 11.4 Å². The van der Waals surface area contributed by atoms with Crippen molar-refractivity contribution in [2.24, 2.45) is 5.73 Å². The SMILES string of the molecule is CCCC(N)Cc1nc(Cc2cccs2)no1. The van der Waals surface area contributed by atoms with Crippen LogP contribution >= 0.6 is 11.3 Å². The first-order chi connectivity index (χ1) is 8.28. The molecule has 1 unspecified atom stereocenters. The molecule has 5 heteroatoms. The molecule has 0 amide bonds. The zero-order valence-corrected chi connectivity index (χ0v) is 10.7. The van der Waals surface area contributed by atoms with Crippen LogP contribution in [0.5, 0.6) is 0 Å². The highest BCUT2D eigenvalue weighted by Crippen LogP contribution is 2.13. The molecule has 1 atom stereocenters. The summed E-state index contributed by atoms with van der Waals surface area (Å²) >= 11 is 1.70. The lowest BCUT2D eigenvalue weighted by atomic mass is 10.1. The van der Waals surface area contributed by atoms with E-state index in [-0.39, 0.29) is 6.04 Å². The van der Waals surface area contributed by atoms with Crippen LogP contribution in [-0.2, 0) is 12.8 Å². The van der Waals surface area contributed by atoms with Crippen LogP contribution in [-0.4, -0.2) is 16.2 Å². The molecule has 2 aromatic heterocycles. The predicted molar refractivity (Wildman–Crippen MR) is 68.0 cm³/mol. The topological polar surface area (TPSA) is 64.9 Å². The summed E-state index contributed by atoms with van der Waals surface area (Å²) in [6, 6.07) is 4.22. The predicted octanol–water partition coefficient (Wildman–Crippen LogP) is 2.39. The lowest BCUT2D eigenvalue weighted by Gasteiger charge is -2.05. The smallest absolute Gasteiger partial charge is 0.228 e. The maximum atomic E-state index is 5.94. The van der Waals surface area contributed by atoms with Gasteiger partial charge in [0.15, 0.2) is 5.82 Å². The van der Waals surface area contributed by atoms with Gasteiger partial charge in [0.05, 0.1) is 0 Å². The molecular formula is C12H17N3OS. The summed E-state index contributed by atoms with van der Waals surface area (Å²) in [6.07, 6.45) is 3.48. The summed E-state index contributed by atoms with van der Waals surface area (Å²) < 4.78 is 5.19. The van der Waals surface area contributed by atoms with Gasteiger partial charge in [-0.2, -0.15) is 4.98 Å². The van der Waals surface area contributed by atoms with Crippen LogP contribution in [0.15, 0.2) is 22.0 Å². The third-order valence-electron chi connectivity index (χ3n) is 2.52. The normalized spacial score (nSPS) is 12.8. The maximum Gasteiger partial charge on any atom is 0.228 e. The van der Waals surface area contributed by atoms with Gasteiger partial charge in [0, 0.05) is 23.8 Å². The van der Waals surface area contributed by atoms with E-state index in [0.717, 1.165) is 25.1 Å². The van der Waals surface area contributed by atoms with Crippen molar-refractivity contribution in [1.82, 2.24) is 10.1 Å². The van der Waals surface area contributed by atoms with Crippen molar-refractivity contribution in [3.63, 3.8) is 0 Å². The van der Waals surface area contributed by atoms with Gasteiger partial charge in [0.1, 0.15) is 0 Å². The van der Waals surface area contributed by atoms with Gasteiger partial charge in [-0.1, -0.05) is 24.6 Å². The molecule has 0 aliphatic carbocycles. The molecule has 17 heavy (non-hydrogen) atoms. The lowest BCUT2D eigenvalue weighted by Crippen LogP contribution is -2.22. The van der Waals surface area contributed by atoms with E-state index in [1.54, 1.807) is 11.3 Å². The fraction of sp³-hybridized carbons (Fsp3) is 0.500. The quantitative estimate of drug-likeness (QED) is 0.856. The molecule has 0 saturated heterocycles. The molecule has 4 nitrogen and oxygen atoms in total. The number of thiophene rings is 1. The van der Waals surface area contributed by atoms with E-state index in [2.05, 4.69) is 23.1 Å². The molecule has 0 aliphatic rings. The van der Waals surface area contributed by atoms with Crippen molar-refractivity contribution in [3.8, 4) is 0 Å². The second-order valence-electron chi connectivity index (χ2n) is 4.11. The molecule has 0 saturated carbocycles. The lowest BCUT2D eigenvalue weighted by molar-refractivity contribution is 0.362. The van der Waals surface area contributed by atoms with Crippen LogP contribution in [0, 0.1) is 0 Å². The minimum Gasteiger partial charge on any atom is -0.339 e. The van der Waals surface area contributed by atoms with Crippen LogP contribution < -0.4 is 5.73 Å². The van der Waals surface area contributed by atoms with E-state index in [1.165, 1.54) is 4.88 Å². The average Bonchev–Trinajstić information content (AvgIpc) is 2.91. The second-order valence-corrected chi connectivity index (χ2v) is 5.15. The molecule has 0 aromatic carbocycles. The van der Waals surface area contributed by atoms with Gasteiger partial charge in [-0.05, 0) is 17.9 Å². The Kier molecular flexibility index (Phi) is 4.28. The Labute approximate surface area is 105 Å². The summed E-state index contributed by atoms with van der Waals surface area (Å²) in [6.45, 7) is 2.12. The standard InChI is InChI=1S/C12H17N3OS/c1-2-4-9(13)7-12-14-11(15-16-12)8-10-5-3-6-17-10/h3,5-6,9H,2,4,7-8,13H2,1H3. The van der Waals surface area contributed by atoms with Crippen LogP contribution in [0.4, 0.5) is 0 Å². The Morgan fingerprint density at radius 1 is 1.53 bits per heavy atom. The fourth-order valence-electron chi connectivity index (χ4n) is 1.71. The number of hydrogen-bond donors (Lipinski definition) is 1. The van der Waals surface area contributed by atoms with Crippen LogP contribution in [0.3, 0.4) is 0 Å². The van der Waals surface area contributed by atoms with Gasteiger partial charge in [0.25, 0.3) is 0 Å². The molecule has 2 aromatic rings. The van der Waals surface area contributed by atoms with E-state index in [9.17, 15) is 0 Å². The van der Waals surface area contributed by atoms with Crippen LogP contribution in [0.25, 0.3) is 0 Å². The first-order valence-electron chi connectivity index (χ1n) is 5.87. The van der Waals surface area contributed by atoms with Crippen molar-refractivity contribution in [2.75, 3.05) is 0 Å². The summed E-state index contributed by atoms with van der Waals surface area (Å²) in [5.41, 5.74) is 5.94. The van der Waals surface area contributed by atoms with E-state index in [0.29, 0.717) is 12.3 Å². The molecule has 0 aliphatic heterocycles. The first kappa shape index (κ1) is 12.3. The van der Waals surface area contributed by atoms with E-state index >= 15 is 0 Å². The van der Waals surface area contributed by atoms with Crippen molar-refractivity contribution in [2.45, 2.75) is 38.6 Å².